The lowest BCUT2D eigenvalue weighted by molar-refractivity contribution is 0.0603. The highest BCUT2D eigenvalue weighted by Gasteiger charge is 2.26. The van der Waals surface area contributed by atoms with Crippen LogP contribution in [0.2, 0.25) is 0 Å². The fourth-order valence-corrected chi connectivity index (χ4v) is 2.59. The van der Waals surface area contributed by atoms with Gasteiger partial charge < -0.3 is 20.7 Å². The Kier molecular flexibility index (Phi) is 5.15. The number of anilines is 2. The van der Waals surface area contributed by atoms with Gasteiger partial charge in [-0.15, -0.1) is 11.3 Å². The molecule has 0 saturated carbocycles. The molecule has 0 radical (unpaired) electrons. The lowest BCUT2D eigenvalue weighted by Gasteiger charge is -2.08. The standard InChI is InChI=1S/C13H19N3O3S/c1-7(2)6-15-11-8(13(18)19-5)9(14)10(20-11)12(17)16(3)4/h15H,1,6,14H2,2-5H3. The van der Waals surface area contributed by atoms with Gasteiger partial charge in [-0.2, -0.15) is 0 Å². The van der Waals surface area contributed by atoms with E-state index in [1.165, 1.54) is 12.0 Å². The van der Waals surface area contributed by atoms with Gasteiger partial charge in [-0.05, 0) is 6.92 Å². The minimum Gasteiger partial charge on any atom is -0.465 e. The first-order valence-electron chi connectivity index (χ1n) is 5.90. The van der Waals surface area contributed by atoms with E-state index < -0.39 is 5.97 Å². The molecule has 0 aliphatic rings. The van der Waals surface area contributed by atoms with E-state index in [9.17, 15) is 9.59 Å². The monoisotopic (exact) mass is 297 g/mol. The molecule has 0 unspecified atom stereocenters. The number of hydrogen-bond donors (Lipinski definition) is 2. The Morgan fingerprint density at radius 2 is 2.05 bits per heavy atom. The smallest absolute Gasteiger partial charge is 0.343 e. The molecule has 1 aromatic heterocycles. The zero-order valence-corrected chi connectivity index (χ0v) is 12.9. The highest BCUT2D eigenvalue weighted by molar-refractivity contribution is 7.19. The van der Waals surface area contributed by atoms with Crippen molar-refractivity contribution in [2.24, 2.45) is 0 Å². The van der Waals surface area contributed by atoms with Crippen molar-refractivity contribution in [2.45, 2.75) is 6.92 Å². The van der Waals surface area contributed by atoms with Crippen molar-refractivity contribution >= 4 is 33.9 Å². The molecular formula is C13H19N3O3S. The van der Waals surface area contributed by atoms with E-state index in [-0.39, 0.29) is 17.2 Å². The number of rotatable bonds is 5. The maximum absolute atomic E-state index is 12.0. The minimum atomic E-state index is -0.569. The number of nitrogen functional groups attached to an aromatic ring is 1. The van der Waals surface area contributed by atoms with E-state index in [0.717, 1.165) is 16.9 Å². The number of nitrogens with zero attached hydrogens (tertiary/aromatic N) is 1. The number of methoxy groups -OCH3 is 1. The average molecular weight is 297 g/mol. The first-order chi connectivity index (χ1) is 9.29. The third-order valence-electron chi connectivity index (χ3n) is 2.49. The zero-order chi connectivity index (χ0) is 15.4. The van der Waals surface area contributed by atoms with Crippen LogP contribution in [0.3, 0.4) is 0 Å². The normalized spacial score (nSPS) is 10.0. The molecule has 3 N–H and O–H groups in total. The quantitative estimate of drug-likeness (QED) is 0.639. The molecule has 0 spiro atoms. The topological polar surface area (TPSA) is 84.7 Å². The van der Waals surface area contributed by atoms with Crippen LogP contribution in [0, 0.1) is 0 Å². The maximum Gasteiger partial charge on any atom is 0.343 e. The lowest BCUT2D eigenvalue weighted by atomic mass is 10.2. The third-order valence-corrected chi connectivity index (χ3v) is 3.64. The number of thiophene rings is 1. The van der Waals surface area contributed by atoms with E-state index >= 15 is 0 Å². The van der Waals surface area contributed by atoms with Crippen LogP contribution in [0.15, 0.2) is 12.2 Å². The van der Waals surface area contributed by atoms with Crippen molar-refractivity contribution in [1.82, 2.24) is 4.90 Å². The minimum absolute atomic E-state index is 0.143. The molecule has 20 heavy (non-hydrogen) atoms. The summed E-state index contributed by atoms with van der Waals surface area (Å²) < 4.78 is 4.72. The van der Waals surface area contributed by atoms with Crippen LogP contribution in [0.25, 0.3) is 0 Å². The van der Waals surface area contributed by atoms with Gasteiger partial charge in [0.05, 0.1) is 12.8 Å². The van der Waals surface area contributed by atoms with Crippen LogP contribution in [0.5, 0.6) is 0 Å². The van der Waals surface area contributed by atoms with Gasteiger partial charge in [-0.3, -0.25) is 4.79 Å². The van der Waals surface area contributed by atoms with Crippen LogP contribution in [-0.2, 0) is 4.74 Å². The Balaban J connectivity index is 3.27. The second-order valence-corrected chi connectivity index (χ2v) is 5.57. The number of amides is 1. The Hall–Kier alpha value is -2.02. The number of carbonyl (C=O) groups excluding carboxylic acids is 2. The van der Waals surface area contributed by atoms with Crippen LogP contribution >= 0.6 is 11.3 Å². The molecule has 0 aliphatic heterocycles. The Morgan fingerprint density at radius 1 is 1.45 bits per heavy atom. The molecule has 0 aliphatic carbocycles. The molecule has 1 heterocycles. The summed E-state index contributed by atoms with van der Waals surface area (Å²) in [6.07, 6.45) is 0. The molecule has 110 valence electrons. The van der Waals surface area contributed by atoms with Gasteiger partial charge in [0, 0.05) is 20.6 Å². The largest absolute Gasteiger partial charge is 0.465 e. The maximum atomic E-state index is 12.0. The molecule has 1 aromatic rings. The molecular weight excluding hydrogens is 278 g/mol. The van der Waals surface area contributed by atoms with Crippen molar-refractivity contribution in [3.8, 4) is 0 Å². The predicted molar refractivity (Wildman–Crippen MR) is 81.4 cm³/mol. The molecule has 6 nitrogen and oxygen atoms in total. The SMILES string of the molecule is C=C(C)CNc1sc(C(=O)N(C)C)c(N)c1C(=O)OC. The average Bonchev–Trinajstić information content (AvgIpc) is 2.71. The van der Waals surface area contributed by atoms with Gasteiger partial charge in [0.2, 0.25) is 0 Å². The second kappa shape index (κ2) is 6.42. The molecule has 7 heteroatoms. The summed E-state index contributed by atoms with van der Waals surface area (Å²) in [7, 11) is 4.52. The van der Waals surface area contributed by atoms with Crippen LogP contribution < -0.4 is 11.1 Å². The van der Waals surface area contributed by atoms with Crippen molar-refractivity contribution in [2.75, 3.05) is 38.8 Å². The summed E-state index contributed by atoms with van der Waals surface area (Å²) in [5, 5.41) is 3.57. The van der Waals surface area contributed by atoms with Gasteiger partial charge in [0.25, 0.3) is 5.91 Å². The number of carbonyl (C=O) groups is 2. The van der Waals surface area contributed by atoms with Gasteiger partial charge in [0.15, 0.2) is 0 Å². The summed E-state index contributed by atoms with van der Waals surface area (Å²) in [6.45, 7) is 6.12. The number of nitrogens with one attached hydrogen (secondary N) is 1. The first kappa shape index (κ1) is 16.0. The predicted octanol–water partition coefficient (Wildman–Crippen LogP) is 1.81. The summed E-state index contributed by atoms with van der Waals surface area (Å²) >= 11 is 1.14. The van der Waals surface area contributed by atoms with Crippen LogP contribution in [0.4, 0.5) is 10.7 Å². The lowest BCUT2D eigenvalue weighted by Crippen LogP contribution is -2.21. The molecule has 0 aromatic carbocycles. The highest BCUT2D eigenvalue weighted by Crippen LogP contribution is 2.36. The summed E-state index contributed by atoms with van der Waals surface area (Å²) in [6, 6.07) is 0. The molecule has 1 rings (SSSR count). The Bertz CT molecular complexity index is 549. The summed E-state index contributed by atoms with van der Waals surface area (Å²) in [5.74, 6) is -0.818. The van der Waals surface area contributed by atoms with Gasteiger partial charge in [0.1, 0.15) is 15.4 Å². The Labute approximate surface area is 122 Å². The van der Waals surface area contributed by atoms with Gasteiger partial charge in [-0.25, -0.2) is 4.79 Å². The highest BCUT2D eigenvalue weighted by atomic mass is 32.1. The van der Waals surface area contributed by atoms with E-state index in [1.807, 2.05) is 6.92 Å². The van der Waals surface area contributed by atoms with Crippen LogP contribution in [0.1, 0.15) is 27.0 Å². The molecule has 0 fully saturated rings. The van der Waals surface area contributed by atoms with E-state index in [1.54, 1.807) is 14.1 Å². The fourth-order valence-electron chi connectivity index (χ4n) is 1.47. The summed E-state index contributed by atoms with van der Waals surface area (Å²) in [5.41, 5.74) is 7.16. The van der Waals surface area contributed by atoms with Crippen LogP contribution in [-0.4, -0.2) is 44.5 Å². The van der Waals surface area contributed by atoms with E-state index in [2.05, 4.69) is 11.9 Å². The van der Waals surface area contributed by atoms with E-state index in [4.69, 9.17) is 10.5 Å². The first-order valence-corrected chi connectivity index (χ1v) is 6.71. The van der Waals surface area contributed by atoms with Crippen molar-refractivity contribution in [3.63, 3.8) is 0 Å². The molecule has 0 saturated heterocycles. The van der Waals surface area contributed by atoms with Crippen molar-refractivity contribution in [3.05, 3.63) is 22.6 Å². The van der Waals surface area contributed by atoms with Gasteiger partial charge >= 0.3 is 5.97 Å². The van der Waals surface area contributed by atoms with E-state index in [0.29, 0.717) is 16.4 Å². The fraction of sp³-hybridized carbons (Fsp3) is 0.385. The summed E-state index contributed by atoms with van der Waals surface area (Å²) in [4.78, 5) is 25.6. The van der Waals surface area contributed by atoms with Gasteiger partial charge in [-0.1, -0.05) is 12.2 Å². The number of nitrogens with two attached hydrogens (primary N) is 1. The van der Waals surface area contributed by atoms with Crippen molar-refractivity contribution < 1.29 is 14.3 Å². The van der Waals surface area contributed by atoms with Crippen molar-refractivity contribution in [1.29, 1.82) is 0 Å². The zero-order valence-electron chi connectivity index (χ0n) is 12.1. The molecule has 0 atom stereocenters. The molecule has 1 amide bonds. The number of hydrogen-bond acceptors (Lipinski definition) is 6. The second-order valence-electron chi connectivity index (χ2n) is 4.55. The molecule has 0 bridgehead atoms. The number of esters is 1. The third kappa shape index (κ3) is 3.30. The Morgan fingerprint density at radius 3 is 2.50 bits per heavy atom. The number of ether oxygens (including phenoxy) is 1.